The standard InChI is InChI=1S/C15H12N2O2/c1-2-6-16-10-7-9-4-3-5-11-13(9)12(8-10)15(19)17-14(11)18/h2-5,7-8,16H,1,6H2,(H,17,18,19). The van der Waals surface area contributed by atoms with Crippen molar-refractivity contribution in [1.29, 1.82) is 0 Å². The number of nitrogens with one attached hydrogen (secondary N) is 2. The van der Waals surface area contributed by atoms with Crippen LogP contribution < -0.4 is 10.6 Å². The van der Waals surface area contributed by atoms with E-state index in [0.29, 0.717) is 17.7 Å². The van der Waals surface area contributed by atoms with Crippen molar-refractivity contribution in [2.24, 2.45) is 0 Å². The summed E-state index contributed by atoms with van der Waals surface area (Å²) < 4.78 is 0. The number of rotatable bonds is 3. The molecule has 94 valence electrons. The lowest BCUT2D eigenvalue weighted by Crippen LogP contribution is -2.34. The number of hydrogen-bond donors (Lipinski definition) is 2. The Morgan fingerprint density at radius 2 is 1.95 bits per heavy atom. The lowest BCUT2D eigenvalue weighted by atomic mass is 9.94. The van der Waals surface area contributed by atoms with Crippen molar-refractivity contribution in [3.63, 3.8) is 0 Å². The molecule has 0 saturated carbocycles. The van der Waals surface area contributed by atoms with E-state index in [9.17, 15) is 9.59 Å². The van der Waals surface area contributed by atoms with Gasteiger partial charge in [0.1, 0.15) is 0 Å². The Morgan fingerprint density at radius 3 is 2.74 bits per heavy atom. The number of amides is 2. The second-order valence-electron chi connectivity index (χ2n) is 4.38. The van der Waals surface area contributed by atoms with Gasteiger partial charge in [-0.15, -0.1) is 6.58 Å². The summed E-state index contributed by atoms with van der Waals surface area (Å²) in [6, 6.07) is 9.13. The summed E-state index contributed by atoms with van der Waals surface area (Å²) in [6.45, 7) is 4.26. The van der Waals surface area contributed by atoms with E-state index in [1.807, 2.05) is 18.2 Å². The van der Waals surface area contributed by atoms with E-state index in [-0.39, 0.29) is 11.8 Å². The lowest BCUT2D eigenvalue weighted by Gasteiger charge is -2.18. The Balaban J connectivity index is 2.27. The van der Waals surface area contributed by atoms with Crippen LogP contribution in [0.2, 0.25) is 0 Å². The molecule has 1 aliphatic rings. The van der Waals surface area contributed by atoms with Crippen molar-refractivity contribution in [3.8, 4) is 0 Å². The van der Waals surface area contributed by atoms with Crippen LogP contribution in [0.3, 0.4) is 0 Å². The van der Waals surface area contributed by atoms with Gasteiger partial charge in [0.25, 0.3) is 11.8 Å². The van der Waals surface area contributed by atoms with Crippen LogP contribution >= 0.6 is 0 Å². The second kappa shape index (κ2) is 4.24. The molecule has 1 aliphatic heterocycles. The maximum absolute atomic E-state index is 11.9. The third-order valence-electron chi connectivity index (χ3n) is 3.14. The van der Waals surface area contributed by atoms with E-state index < -0.39 is 0 Å². The Morgan fingerprint density at radius 1 is 1.16 bits per heavy atom. The number of hydrogen-bond acceptors (Lipinski definition) is 3. The summed E-state index contributed by atoms with van der Waals surface area (Å²) >= 11 is 0. The summed E-state index contributed by atoms with van der Waals surface area (Å²) in [5.41, 5.74) is 1.91. The number of carbonyl (C=O) groups excluding carboxylic acids is 2. The van der Waals surface area contributed by atoms with E-state index >= 15 is 0 Å². The average Bonchev–Trinajstić information content (AvgIpc) is 2.42. The highest BCUT2D eigenvalue weighted by Gasteiger charge is 2.24. The summed E-state index contributed by atoms with van der Waals surface area (Å²) in [5, 5.41) is 7.11. The first-order valence-electron chi connectivity index (χ1n) is 5.98. The van der Waals surface area contributed by atoms with Crippen molar-refractivity contribution >= 4 is 28.3 Å². The molecule has 0 aromatic heterocycles. The Labute approximate surface area is 110 Å². The van der Waals surface area contributed by atoms with Crippen LogP contribution in [0.15, 0.2) is 43.0 Å². The normalized spacial score (nSPS) is 13.3. The van der Waals surface area contributed by atoms with Crippen LogP contribution in [0.5, 0.6) is 0 Å². The van der Waals surface area contributed by atoms with E-state index in [2.05, 4.69) is 17.2 Å². The second-order valence-corrected chi connectivity index (χ2v) is 4.38. The van der Waals surface area contributed by atoms with Gasteiger partial charge in [-0.1, -0.05) is 18.2 Å². The van der Waals surface area contributed by atoms with E-state index in [0.717, 1.165) is 16.5 Å². The van der Waals surface area contributed by atoms with Crippen molar-refractivity contribution in [2.75, 3.05) is 11.9 Å². The monoisotopic (exact) mass is 252 g/mol. The minimum Gasteiger partial charge on any atom is -0.382 e. The molecule has 2 aromatic carbocycles. The number of anilines is 1. The Hall–Kier alpha value is -2.62. The molecular weight excluding hydrogens is 240 g/mol. The van der Waals surface area contributed by atoms with Gasteiger partial charge in [-0.3, -0.25) is 14.9 Å². The molecule has 4 nitrogen and oxygen atoms in total. The first kappa shape index (κ1) is 11.5. The average molecular weight is 252 g/mol. The van der Waals surface area contributed by atoms with Crippen LogP contribution in [-0.4, -0.2) is 18.4 Å². The predicted molar refractivity (Wildman–Crippen MR) is 74.4 cm³/mol. The quantitative estimate of drug-likeness (QED) is 0.651. The summed E-state index contributed by atoms with van der Waals surface area (Å²) in [4.78, 5) is 23.7. The largest absolute Gasteiger partial charge is 0.382 e. The highest BCUT2D eigenvalue weighted by molar-refractivity contribution is 6.26. The van der Waals surface area contributed by atoms with E-state index in [1.165, 1.54) is 0 Å². The SMILES string of the molecule is C=CCNc1cc2c3c(cccc3c1)C(=O)NC2=O. The van der Waals surface area contributed by atoms with Crippen molar-refractivity contribution in [1.82, 2.24) is 5.32 Å². The van der Waals surface area contributed by atoms with Crippen LogP contribution in [0.1, 0.15) is 20.7 Å². The maximum Gasteiger partial charge on any atom is 0.258 e. The summed E-state index contributed by atoms with van der Waals surface area (Å²) in [5.74, 6) is -0.689. The van der Waals surface area contributed by atoms with Gasteiger partial charge >= 0.3 is 0 Å². The van der Waals surface area contributed by atoms with Gasteiger partial charge in [-0.2, -0.15) is 0 Å². The van der Waals surface area contributed by atoms with Gasteiger partial charge in [0, 0.05) is 23.2 Å². The van der Waals surface area contributed by atoms with Gasteiger partial charge < -0.3 is 5.32 Å². The predicted octanol–water partition coefficient (Wildman–Crippen LogP) is 2.32. The van der Waals surface area contributed by atoms with Crippen molar-refractivity contribution in [2.45, 2.75) is 0 Å². The molecule has 0 spiro atoms. The minimum atomic E-state index is -0.351. The van der Waals surface area contributed by atoms with Gasteiger partial charge in [-0.25, -0.2) is 0 Å². The molecule has 4 heteroatoms. The summed E-state index contributed by atoms with van der Waals surface area (Å²) in [6.07, 6.45) is 1.75. The fraction of sp³-hybridized carbons (Fsp3) is 0.0667. The fourth-order valence-corrected chi connectivity index (χ4v) is 2.33. The minimum absolute atomic E-state index is 0.338. The van der Waals surface area contributed by atoms with E-state index in [4.69, 9.17) is 0 Å². The fourth-order valence-electron chi connectivity index (χ4n) is 2.33. The molecule has 0 unspecified atom stereocenters. The van der Waals surface area contributed by atoms with Crippen LogP contribution in [-0.2, 0) is 0 Å². The van der Waals surface area contributed by atoms with Crippen LogP contribution in [0.4, 0.5) is 5.69 Å². The third kappa shape index (κ3) is 1.78. The number of benzene rings is 2. The van der Waals surface area contributed by atoms with Crippen molar-refractivity contribution in [3.05, 3.63) is 54.1 Å². The first-order chi connectivity index (χ1) is 9.20. The van der Waals surface area contributed by atoms with Crippen LogP contribution in [0.25, 0.3) is 10.8 Å². The Bertz CT molecular complexity index is 719. The summed E-state index contributed by atoms with van der Waals surface area (Å²) in [7, 11) is 0. The molecule has 0 aliphatic carbocycles. The highest BCUT2D eigenvalue weighted by atomic mass is 16.2. The zero-order chi connectivity index (χ0) is 13.4. The Kier molecular flexibility index (Phi) is 2.56. The molecule has 0 radical (unpaired) electrons. The smallest absolute Gasteiger partial charge is 0.258 e. The molecule has 19 heavy (non-hydrogen) atoms. The van der Waals surface area contributed by atoms with E-state index in [1.54, 1.807) is 18.2 Å². The third-order valence-corrected chi connectivity index (χ3v) is 3.14. The number of carbonyl (C=O) groups is 2. The first-order valence-corrected chi connectivity index (χ1v) is 5.98. The van der Waals surface area contributed by atoms with Gasteiger partial charge in [0.05, 0.1) is 5.56 Å². The molecule has 1 heterocycles. The molecule has 0 atom stereocenters. The molecule has 0 saturated heterocycles. The molecule has 2 aromatic rings. The molecule has 2 amide bonds. The zero-order valence-electron chi connectivity index (χ0n) is 10.2. The lowest BCUT2D eigenvalue weighted by molar-refractivity contribution is 0.0845. The molecule has 0 fully saturated rings. The molecule has 0 bridgehead atoms. The van der Waals surface area contributed by atoms with Gasteiger partial charge in [0.15, 0.2) is 0 Å². The molecule has 2 N–H and O–H groups in total. The van der Waals surface area contributed by atoms with Crippen molar-refractivity contribution < 1.29 is 9.59 Å². The zero-order valence-corrected chi connectivity index (χ0v) is 10.2. The molecule has 3 rings (SSSR count). The topological polar surface area (TPSA) is 58.2 Å². The maximum atomic E-state index is 11.9. The molecular formula is C15H12N2O2. The highest BCUT2D eigenvalue weighted by Crippen LogP contribution is 2.29. The van der Waals surface area contributed by atoms with Gasteiger partial charge in [-0.05, 0) is 23.6 Å². The number of imide groups is 1. The van der Waals surface area contributed by atoms with Gasteiger partial charge in [0.2, 0.25) is 0 Å². The van der Waals surface area contributed by atoms with Crippen LogP contribution in [0, 0.1) is 0 Å².